The van der Waals surface area contributed by atoms with Gasteiger partial charge in [-0.3, -0.25) is 18.3 Å². The third-order valence-corrected chi connectivity index (χ3v) is 5.85. The van der Waals surface area contributed by atoms with E-state index in [1.807, 2.05) is 56.5 Å². The van der Waals surface area contributed by atoms with Crippen LogP contribution < -0.4 is 11.2 Å². The van der Waals surface area contributed by atoms with Crippen molar-refractivity contribution in [1.29, 1.82) is 0 Å². The van der Waals surface area contributed by atoms with Crippen LogP contribution in [0.5, 0.6) is 0 Å². The van der Waals surface area contributed by atoms with Crippen molar-refractivity contribution in [2.45, 2.75) is 47.2 Å². The highest BCUT2D eigenvalue weighted by Gasteiger charge is 2.20. The molecule has 0 radical (unpaired) electrons. The third kappa shape index (κ3) is 3.61. The number of hydrogen-bond acceptors (Lipinski definition) is 4. The number of aromatic nitrogens is 5. The zero-order chi connectivity index (χ0) is 22.3. The van der Waals surface area contributed by atoms with Crippen LogP contribution in [0.2, 0.25) is 0 Å². The number of imidazole rings is 2. The van der Waals surface area contributed by atoms with E-state index >= 15 is 0 Å². The molecule has 3 heterocycles. The summed E-state index contributed by atoms with van der Waals surface area (Å²) >= 11 is 0. The molecule has 0 N–H and O–H groups in total. The molecule has 0 atom stereocenters. The Balaban J connectivity index is 1.87. The Bertz CT molecular complexity index is 1390. The molecule has 8 nitrogen and oxygen atoms in total. The molecule has 0 spiro atoms. The number of benzene rings is 1. The minimum absolute atomic E-state index is 0.232. The number of rotatable bonds is 7. The maximum absolute atomic E-state index is 13.5. The van der Waals surface area contributed by atoms with E-state index < -0.39 is 0 Å². The predicted molar refractivity (Wildman–Crippen MR) is 121 cm³/mol. The highest BCUT2D eigenvalue weighted by atomic mass is 16.5. The molecule has 3 aromatic heterocycles. The normalized spacial score (nSPS) is 11.8. The summed E-state index contributed by atoms with van der Waals surface area (Å²) in [6.45, 7) is 10.3. The van der Waals surface area contributed by atoms with Crippen LogP contribution in [-0.2, 0) is 24.9 Å². The average Bonchev–Trinajstić information content (AvgIpc) is 3.24. The van der Waals surface area contributed by atoms with Crippen molar-refractivity contribution in [1.82, 2.24) is 23.1 Å². The lowest BCUT2D eigenvalue weighted by molar-refractivity contribution is 0.142. The molecule has 164 valence electrons. The average molecular weight is 424 g/mol. The van der Waals surface area contributed by atoms with E-state index in [1.165, 1.54) is 9.13 Å². The lowest BCUT2D eigenvalue weighted by atomic mass is 10.1. The second-order valence-corrected chi connectivity index (χ2v) is 8.09. The summed E-state index contributed by atoms with van der Waals surface area (Å²) in [5.41, 5.74) is 4.26. The summed E-state index contributed by atoms with van der Waals surface area (Å²) in [5.74, 6) is 0.667. The van der Waals surface area contributed by atoms with Gasteiger partial charge in [0.2, 0.25) is 5.78 Å². The standard InChI is InChI=1S/C23H29N5O3/c1-6-31-11-7-10-26-17(4)13-27-19-20(24-22(26)27)25(5)23(30)28(21(19)29)14-18-12-15(2)8-9-16(18)3/h8-9,12-13H,6-7,10-11,14H2,1-5H3. The molecular weight excluding hydrogens is 394 g/mol. The van der Waals surface area contributed by atoms with E-state index in [-0.39, 0.29) is 17.8 Å². The number of nitrogens with zero attached hydrogens (tertiary/aromatic N) is 5. The molecule has 4 aromatic rings. The molecule has 0 aliphatic heterocycles. The molecule has 0 bridgehead atoms. The molecular formula is C23H29N5O3. The van der Waals surface area contributed by atoms with E-state index in [2.05, 4.69) is 9.55 Å². The van der Waals surface area contributed by atoms with Gasteiger partial charge in [-0.1, -0.05) is 23.8 Å². The van der Waals surface area contributed by atoms with Crippen LogP contribution >= 0.6 is 0 Å². The Kier molecular flexibility index (Phi) is 5.58. The summed E-state index contributed by atoms with van der Waals surface area (Å²) < 4.78 is 12.1. The summed E-state index contributed by atoms with van der Waals surface area (Å²) in [6.07, 6.45) is 2.76. The number of hydrogen-bond donors (Lipinski definition) is 0. The van der Waals surface area contributed by atoms with Gasteiger partial charge in [-0.2, -0.15) is 4.98 Å². The molecule has 0 aliphatic carbocycles. The van der Waals surface area contributed by atoms with Gasteiger partial charge in [-0.05, 0) is 45.2 Å². The van der Waals surface area contributed by atoms with Gasteiger partial charge in [-0.15, -0.1) is 0 Å². The van der Waals surface area contributed by atoms with Crippen molar-refractivity contribution in [3.05, 3.63) is 67.6 Å². The topological polar surface area (TPSA) is 75.5 Å². The van der Waals surface area contributed by atoms with Crippen molar-refractivity contribution in [3.63, 3.8) is 0 Å². The van der Waals surface area contributed by atoms with Crippen molar-refractivity contribution in [2.75, 3.05) is 13.2 Å². The van der Waals surface area contributed by atoms with E-state index in [1.54, 1.807) is 7.05 Å². The maximum Gasteiger partial charge on any atom is 0.332 e. The fourth-order valence-corrected chi connectivity index (χ4v) is 4.08. The van der Waals surface area contributed by atoms with Gasteiger partial charge in [0.1, 0.15) is 0 Å². The fourth-order valence-electron chi connectivity index (χ4n) is 4.08. The second kappa shape index (κ2) is 8.19. The molecule has 0 saturated carbocycles. The predicted octanol–water partition coefficient (Wildman–Crippen LogP) is 2.55. The van der Waals surface area contributed by atoms with Crippen LogP contribution in [0.4, 0.5) is 0 Å². The molecule has 0 aliphatic rings. The number of aryl methyl sites for hydroxylation is 5. The van der Waals surface area contributed by atoms with Gasteiger partial charge in [0, 0.05) is 38.7 Å². The van der Waals surface area contributed by atoms with Crippen LogP contribution in [0, 0.1) is 20.8 Å². The first-order chi connectivity index (χ1) is 14.8. The van der Waals surface area contributed by atoms with Crippen LogP contribution in [0.3, 0.4) is 0 Å². The highest BCUT2D eigenvalue weighted by Crippen LogP contribution is 2.17. The summed E-state index contributed by atoms with van der Waals surface area (Å²) in [6, 6.07) is 6.07. The Hall–Kier alpha value is -3.13. The van der Waals surface area contributed by atoms with Crippen molar-refractivity contribution >= 4 is 16.9 Å². The monoisotopic (exact) mass is 423 g/mol. The molecule has 0 fully saturated rings. The number of fused-ring (bicyclic) bond motifs is 3. The Morgan fingerprint density at radius 3 is 2.61 bits per heavy atom. The van der Waals surface area contributed by atoms with E-state index in [4.69, 9.17) is 4.74 Å². The zero-order valence-electron chi connectivity index (χ0n) is 18.8. The lowest BCUT2D eigenvalue weighted by Crippen LogP contribution is -2.39. The summed E-state index contributed by atoms with van der Waals surface area (Å²) in [7, 11) is 1.67. The molecule has 0 saturated heterocycles. The van der Waals surface area contributed by atoms with Crippen LogP contribution in [0.15, 0.2) is 34.0 Å². The third-order valence-electron chi connectivity index (χ3n) is 5.85. The molecule has 0 unspecified atom stereocenters. The van der Waals surface area contributed by atoms with Crippen molar-refractivity contribution in [2.24, 2.45) is 7.05 Å². The Labute approximate surface area is 180 Å². The quantitative estimate of drug-likeness (QED) is 0.428. The largest absolute Gasteiger partial charge is 0.382 e. The minimum Gasteiger partial charge on any atom is -0.382 e. The van der Waals surface area contributed by atoms with Gasteiger partial charge >= 0.3 is 5.69 Å². The SMILES string of the molecule is CCOCCCn1c(C)cn2c3c(=O)n(Cc4cc(C)ccc4C)c(=O)n(C)c3nc12. The first-order valence-electron chi connectivity index (χ1n) is 10.6. The van der Waals surface area contributed by atoms with E-state index in [0.29, 0.717) is 30.2 Å². The summed E-state index contributed by atoms with van der Waals surface area (Å²) in [4.78, 5) is 31.2. The highest BCUT2D eigenvalue weighted by molar-refractivity contribution is 5.75. The fraction of sp³-hybridized carbons (Fsp3) is 0.435. The van der Waals surface area contributed by atoms with Gasteiger partial charge in [0.25, 0.3) is 5.56 Å². The zero-order valence-corrected chi connectivity index (χ0v) is 18.8. The van der Waals surface area contributed by atoms with Gasteiger partial charge in [0.15, 0.2) is 11.2 Å². The second-order valence-electron chi connectivity index (χ2n) is 8.09. The molecule has 4 rings (SSSR count). The molecule has 31 heavy (non-hydrogen) atoms. The van der Waals surface area contributed by atoms with E-state index in [9.17, 15) is 9.59 Å². The van der Waals surface area contributed by atoms with Gasteiger partial charge in [-0.25, -0.2) is 4.79 Å². The van der Waals surface area contributed by atoms with Crippen LogP contribution in [0.25, 0.3) is 16.9 Å². The van der Waals surface area contributed by atoms with Gasteiger partial charge in [0.05, 0.1) is 6.54 Å². The first kappa shape index (κ1) is 21.1. The molecule has 8 heteroatoms. The Morgan fingerprint density at radius 1 is 1.10 bits per heavy atom. The number of ether oxygens (including phenoxy) is 1. The van der Waals surface area contributed by atoms with Crippen molar-refractivity contribution < 1.29 is 4.74 Å². The maximum atomic E-state index is 13.5. The minimum atomic E-state index is -0.362. The molecule has 0 amide bonds. The van der Waals surface area contributed by atoms with Crippen molar-refractivity contribution in [3.8, 4) is 0 Å². The van der Waals surface area contributed by atoms with Gasteiger partial charge < -0.3 is 9.30 Å². The lowest BCUT2D eigenvalue weighted by Gasteiger charge is -2.11. The Morgan fingerprint density at radius 2 is 1.87 bits per heavy atom. The molecule has 1 aromatic carbocycles. The summed E-state index contributed by atoms with van der Waals surface area (Å²) in [5, 5.41) is 0. The van der Waals surface area contributed by atoms with Crippen LogP contribution in [-0.4, -0.2) is 36.3 Å². The first-order valence-corrected chi connectivity index (χ1v) is 10.6. The van der Waals surface area contributed by atoms with Crippen LogP contribution in [0.1, 0.15) is 35.7 Å². The smallest absolute Gasteiger partial charge is 0.332 e. The van der Waals surface area contributed by atoms with E-state index in [0.717, 1.165) is 35.3 Å².